The van der Waals surface area contributed by atoms with Gasteiger partial charge in [-0.25, -0.2) is 8.78 Å². The number of nitrogens with one attached hydrogen (secondary N) is 2. The Morgan fingerprint density at radius 1 is 0.841 bits per heavy atom. The first-order valence-corrected chi connectivity index (χ1v) is 17.8. The lowest BCUT2D eigenvalue weighted by molar-refractivity contribution is -0.330. The number of Topliss-reactive ketones (excluding diaryl/α,β-unsaturated/α-hetero) is 1. The number of benzene rings is 2. The first-order valence-electron chi connectivity index (χ1n) is 13.6. The zero-order valence-corrected chi connectivity index (χ0v) is 26.0. The van der Waals surface area contributed by atoms with Gasteiger partial charge in [0.1, 0.15) is 11.6 Å². The van der Waals surface area contributed by atoms with Crippen LogP contribution in [-0.4, -0.2) is 36.4 Å². The number of aromatic nitrogens is 2. The monoisotopic (exact) mass is 684 g/mol. The summed E-state index contributed by atoms with van der Waals surface area (Å²) in [5.41, 5.74) is -2.25. The zero-order valence-electron chi connectivity index (χ0n) is 23.5. The van der Waals surface area contributed by atoms with Crippen molar-refractivity contribution < 1.29 is 44.3 Å². The van der Waals surface area contributed by atoms with Crippen molar-refractivity contribution in [3.8, 4) is 0 Å². The number of carbonyl (C=O) groups excluding carboxylic acids is 1. The molecule has 0 bridgehead atoms. The Hall–Kier alpha value is -2.61. The van der Waals surface area contributed by atoms with Crippen LogP contribution in [0.2, 0.25) is 29.7 Å². The number of aryl methyl sites for hydroxylation is 2. The van der Waals surface area contributed by atoms with Gasteiger partial charge in [-0.2, -0.15) is 26.3 Å². The third-order valence-corrected chi connectivity index (χ3v) is 9.33. The number of fused-ring (bicyclic) bond motifs is 6. The maximum Gasteiger partial charge on any atom is 0.422 e. The van der Waals surface area contributed by atoms with Crippen LogP contribution < -0.4 is 0 Å². The van der Waals surface area contributed by atoms with Crippen molar-refractivity contribution >= 4 is 59.1 Å². The largest absolute Gasteiger partial charge is 0.422 e. The Kier molecular flexibility index (Phi) is 8.21. The number of halogens is 10. The molecule has 238 valence electrons. The number of carbonyl (C=O) groups is 1. The highest BCUT2D eigenvalue weighted by Gasteiger charge is 2.71. The number of H-pyrrole nitrogens is 2. The minimum Gasteiger partial charge on any atom is -0.399 e. The normalized spacial score (nSPS) is 20.8. The molecule has 0 aliphatic heterocycles. The molecule has 2 aliphatic rings. The summed E-state index contributed by atoms with van der Waals surface area (Å²) in [6, 6.07) is 4.56. The lowest BCUT2D eigenvalue weighted by Crippen LogP contribution is -2.60. The quantitative estimate of drug-likeness (QED) is 0.163. The van der Waals surface area contributed by atoms with Crippen molar-refractivity contribution in [3.05, 3.63) is 68.5 Å². The molecule has 4 aromatic rings. The van der Waals surface area contributed by atoms with Crippen molar-refractivity contribution in [1.29, 1.82) is 0 Å². The predicted octanol–water partition coefficient (Wildman–Crippen LogP) is 10.2. The predicted molar refractivity (Wildman–Crippen MR) is 154 cm³/mol. The van der Waals surface area contributed by atoms with Crippen molar-refractivity contribution in [3.63, 3.8) is 0 Å². The molecule has 0 radical (unpaired) electrons. The van der Waals surface area contributed by atoms with E-state index in [9.17, 15) is 39.9 Å². The maximum absolute atomic E-state index is 14.4. The first kappa shape index (κ1) is 32.8. The van der Waals surface area contributed by atoms with Crippen molar-refractivity contribution in [2.75, 3.05) is 0 Å². The Balaban J connectivity index is 0.000000201. The molecule has 6 rings (SSSR count). The van der Waals surface area contributed by atoms with Gasteiger partial charge in [0.2, 0.25) is 5.60 Å². The number of hydrogen-bond acceptors (Lipinski definition) is 2. The van der Waals surface area contributed by atoms with E-state index in [-0.39, 0.29) is 39.5 Å². The number of hydrogen-bond donors (Lipinski definition) is 2. The van der Waals surface area contributed by atoms with Gasteiger partial charge in [0.15, 0.2) is 14.1 Å². The first-order chi connectivity index (χ1) is 20.2. The van der Waals surface area contributed by atoms with Crippen LogP contribution in [0.25, 0.3) is 21.8 Å². The molecule has 15 heteroatoms. The summed E-state index contributed by atoms with van der Waals surface area (Å²) in [4.78, 5) is 17.1. The zero-order chi connectivity index (χ0) is 32.6. The molecule has 0 fully saturated rings. The fourth-order valence-electron chi connectivity index (χ4n) is 6.24. The van der Waals surface area contributed by atoms with Gasteiger partial charge < -0.3 is 14.4 Å². The molecule has 0 saturated heterocycles. The summed E-state index contributed by atoms with van der Waals surface area (Å²) in [6.07, 6.45) is -9.48. The van der Waals surface area contributed by atoms with Crippen LogP contribution >= 0.6 is 23.2 Å². The molecule has 0 spiro atoms. The van der Waals surface area contributed by atoms with Gasteiger partial charge >= 0.3 is 12.4 Å². The molecule has 44 heavy (non-hydrogen) atoms. The third-order valence-electron chi connectivity index (χ3n) is 7.80. The van der Waals surface area contributed by atoms with E-state index in [1.54, 1.807) is 0 Å². The average Bonchev–Trinajstić information content (AvgIpc) is 3.43. The van der Waals surface area contributed by atoms with Crippen LogP contribution in [-0.2, 0) is 22.9 Å². The second-order valence-electron chi connectivity index (χ2n) is 11.9. The molecule has 2 aromatic heterocycles. The Morgan fingerprint density at radius 2 is 1.39 bits per heavy atom. The SMILES string of the molecule is C[Si](C)(C)OC1(C(F)(F)F)c2[nH]c3c(Cl)cc(F)cc3c2CCC1C(F)(F)F.O=C1CCCc2c1[nH]c1c(Cl)cc(F)cc21. The molecule has 2 N–H and O–H groups in total. The van der Waals surface area contributed by atoms with Crippen LogP contribution in [0.3, 0.4) is 0 Å². The minimum atomic E-state index is -5.37. The highest BCUT2D eigenvalue weighted by atomic mass is 35.5. The molecular formula is C29H26Cl2F8N2O2Si. The van der Waals surface area contributed by atoms with E-state index < -0.39 is 50.1 Å². The summed E-state index contributed by atoms with van der Waals surface area (Å²) >= 11 is 11.9. The highest BCUT2D eigenvalue weighted by molar-refractivity contribution is 6.69. The molecule has 2 aromatic carbocycles. The average molecular weight is 686 g/mol. The van der Waals surface area contributed by atoms with Gasteiger partial charge in [-0.15, -0.1) is 0 Å². The van der Waals surface area contributed by atoms with Gasteiger partial charge in [-0.3, -0.25) is 4.79 Å². The Labute approximate surface area is 257 Å². The smallest absolute Gasteiger partial charge is 0.399 e. The Morgan fingerprint density at radius 3 is 1.91 bits per heavy atom. The van der Waals surface area contributed by atoms with Crippen molar-refractivity contribution in [2.24, 2.45) is 5.92 Å². The topological polar surface area (TPSA) is 57.9 Å². The van der Waals surface area contributed by atoms with Gasteiger partial charge in [0.05, 0.1) is 38.4 Å². The van der Waals surface area contributed by atoms with E-state index in [4.69, 9.17) is 27.6 Å². The van der Waals surface area contributed by atoms with Crippen LogP contribution in [0.4, 0.5) is 35.1 Å². The second-order valence-corrected chi connectivity index (χ2v) is 17.2. The number of rotatable bonds is 2. The lowest BCUT2D eigenvalue weighted by Gasteiger charge is -2.48. The fourth-order valence-corrected chi connectivity index (χ4v) is 8.07. The van der Waals surface area contributed by atoms with E-state index in [0.29, 0.717) is 22.7 Å². The van der Waals surface area contributed by atoms with Crippen LogP contribution in [0.15, 0.2) is 24.3 Å². The third kappa shape index (κ3) is 5.65. The minimum absolute atomic E-state index is 0.0356. The number of aromatic amines is 2. The molecule has 2 heterocycles. The molecule has 2 unspecified atom stereocenters. The molecule has 0 amide bonds. The van der Waals surface area contributed by atoms with E-state index >= 15 is 0 Å². The van der Waals surface area contributed by atoms with Crippen molar-refractivity contribution in [1.82, 2.24) is 9.97 Å². The fraction of sp³-hybridized carbons (Fsp3) is 0.414. The van der Waals surface area contributed by atoms with E-state index in [0.717, 1.165) is 35.9 Å². The Bertz CT molecular complexity index is 1770. The lowest BCUT2D eigenvalue weighted by atomic mass is 9.73. The van der Waals surface area contributed by atoms with E-state index in [1.807, 2.05) is 0 Å². The maximum atomic E-state index is 14.4. The van der Waals surface area contributed by atoms with E-state index in [2.05, 4.69) is 9.97 Å². The number of alkyl halides is 6. The standard InChI is InChI=1S/C17H17ClF7NOSi.C12H9ClFNO/c1-28(2,3)27-15(17(23,24)25)12(16(20,21)22)5-4-9-10-6-8(19)7-11(18)13(10)26-14(9)15;13-9-5-6(14)4-8-7-2-1-3-10(16)12(7)15-11(8)9/h6-7,12,26H,4-5H2,1-3H3;4-5,15H,1-3H2. The number of ketones is 1. The molecule has 4 nitrogen and oxygen atoms in total. The summed E-state index contributed by atoms with van der Waals surface area (Å²) in [7, 11) is -3.14. The molecule has 2 aliphatic carbocycles. The second kappa shape index (κ2) is 11.0. The van der Waals surface area contributed by atoms with Gasteiger partial charge in [-0.05, 0) is 80.7 Å². The molecule has 0 saturated carbocycles. The summed E-state index contributed by atoms with van der Waals surface area (Å²) < 4.78 is 117. The summed E-state index contributed by atoms with van der Waals surface area (Å²) in [6.45, 7) is 4.16. The van der Waals surface area contributed by atoms with E-state index in [1.165, 1.54) is 31.8 Å². The van der Waals surface area contributed by atoms with Crippen molar-refractivity contribution in [2.45, 2.75) is 69.7 Å². The molecule has 2 atom stereocenters. The van der Waals surface area contributed by atoms with Gasteiger partial charge in [0, 0.05) is 17.2 Å². The van der Waals surface area contributed by atoms with Gasteiger partial charge in [0.25, 0.3) is 0 Å². The molecular weight excluding hydrogens is 659 g/mol. The van der Waals surface area contributed by atoms with Crippen LogP contribution in [0.5, 0.6) is 0 Å². The van der Waals surface area contributed by atoms with Crippen LogP contribution in [0.1, 0.15) is 46.6 Å². The highest BCUT2D eigenvalue weighted by Crippen LogP contribution is 2.59. The van der Waals surface area contributed by atoms with Crippen LogP contribution in [0, 0.1) is 17.6 Å². The van der Waals surface area contributed by atoms with Gasteiger partial charge in [-0.1, -0.05) is 23.2 Å². The summed E-state index contributed by atoms with van der Waals surface area (Å²) in [5, 5.41) is 0.899. The summed E-state index contributed by atoms with van der Waals surface area (Å²) in [5.74, 6) is -3.86.